The van der Waals surface area contributed by atoms with E-state index in [9.17, 15) is 13.2 Å². The zero-order valence-electron chi connectivity index (χ0n) is 13.0. The van der Waals surface area contributed by atoms with Crippen molar-refractivity contribution in [3.05, 3.63) is 0 Å². The van der Waals surface area contributed by atoms with Crippen LogP contribution in [0.1, 0.15) is 52.4 Å². The molecule has 0 spiro atoms. The highest BCUT2D eigenvalue weighted by Crippen LogP contribution is 2.50. The Bertz CT molecular complexity index is 470. The van der Waals surface area contributed by atoms with Gasteiger partial charge < -0.3 is 5.32 Å². The molecule has 2 bridgehead atoms. The molecule has 0 aliphatic heterocycles. The van der Waals surface area contributed by atoms with Crippen LogP contribution < -0.4 is 5.32 Å². The van der Waals surface area contributed by atoms with Gasteiger partial charge in [0.05, 0.1) is 5.75 Å². The molecule has 6 heteroatoms. The Hall–Kier alpha value is -0.620. The summed E-state index contributed by atoms with van der Waals surface area (Å²) < 4.78 is 30.0. The molecule has 0 aromatic rings. The van der Waals surface area contributed by atoms with Crippen LogP contribution in [0.15, 0.2) is 0 Å². The number of fused-ring (bicyclic) bond motifs is 2. The summed E-state index contributed by atoms with van der Waals surface area (Å²) in [5.74, 6) is 1.83. The molecule has 2 saturated carbocycles. The molecule has 122 valence electrons. The minimum absolute atomic E-state index is 0.0436. The second-order valence-corrected chi connectivity index (χ2v) is 8.98. The van der Waals surface area contributed by atoms with Crippen LogP contribution in [-0.4, -0.2) is 31.2 Å². The van der Waals surface area contributed by atoms with Crippen molar-refractivity contribution < 1.29 is 17.8 Å². The third kappa shape index (κ3) is 4.68. The summed E-state index contributed by atoms with van der Waals surface area (Å²) >= 11 is 0. The van der Waals surface area contributed by atoms with Crippen molar-refractivity contribution in [2.75, 3.05) is 12.3 Å². The molecule has 0 heterocycles. The van der Waals surface area contributed by atoms with Gasteiger partial charge in [0.15, 0.2) is 0 Å². The lowest BCUT2D eigenvalue weighted by Crippen LogP contribution is -2.46. The smallest absolute Gasteiger partial charge is 0.264 e. The molecular weight excluding hydrogens is 290 g/mol. The Labute approximate surface area is 127 Å². The second kappa shape index (κ2) is 6.24. The summed E-state index contributed by atoms with van der Waals surface area (Å²) in [6.45, 7) is 4.65. The summed E-state index contributed by atoms with van der Waals surface area (Å²) in [6.07, 6.45) is 5.85. The molecule has 0 aromatic carbocycles. The maximum Gasteiger partial charge on any atom is 0.264 e. The van der Waals surface area contributed by atoms with Crippen molar-refractivity contribution in [1.82, 2.24) is 5.32 Å². The molecule has 2 aliphatic rings. The fourth-order valence-corrected chi connectivity index (χ4v) is 4.95. The number of carbonyl (C=O) groups is 1. The fourth-order valence-electron chi connectivity index (χ4n) is 4.44. The Morgan fingerprint density at radius 3 is 2.33 bits per heavy atom. The minimum atomic E-state index is -3.93. The van der Waals surface area contributed by atoms with Crippen LogP contribution in [0.5, 0.6) is 0 Å². The summed E-state index contributed by atoms with van der Waals surface area (Å²) in [6, 6.07) is 0. The number of rotatable bonds is 5. The normalized spacial score (nSPS) is 36.2. The third-order valence-corrected chi connectivity index (χ3v) is 5.83. The summed E-state index contributed by atoms with van der Waals surface area (Å²) in [7, 11) is -3.93. The third-order valence-electron chi connectivity index (χ3n) is 5.03. The Morgan fingerprint density at radius 2 is 1.81 bits per heavy atom. The van der Waals surface area contributed by atoms with Gasteiger partial charge >= 0.3 is 0 Å². The summed E-state index contributed by atoms with van der Waals surface area (Å²) in [5, 5.41) is 2.85. The van der Waals surface area contributed by atoms with Gasteiger partial charge in [-0.2, -0.15) is 8.42 Å². The van der Waals surface area contributed by atoms with Crippen molar-refractivity contribution in [3.8, 4) is 0 Å². The zero-order valence-corrected chi connectivity index (χ0v) is 13.8. The Kier molecular flexibility index (Phi) is 4.98. The molecule has 1 amide bonds. The van der Waals surface area contributed by atoms with E-state index in [-0.39, 0.29) is 23.5 Å². The predicted molar refractivity (Wildman–Crippen MR) is 81.4 cm³/mol. The standard InChI is InChI=1S/C15H27NO4S/c1-11-6-12-8-13(7-11)10-15(2,9-12)14(17)16-4-3-5-21(18,19)20/h11-13H,3-10H2,1-2H3,(H,16,17)(H,18,19,20). The van der Waals surface area contributed by atoms with Gasteiger partial charge in [-0.1, -0.05) is 13.8 Å². The first-order valence-corrected chi connectivity index (χ1v) is 9.52. The topological polar surface area (TPSA) is 83.5 Å². The van der Waals surface area contributed by atoms with E-state index in [1.807, 2.05) is 6.92 Å². The van der Waals surface area contributed by atoms with Crippen LogP contribution in [0, 0.1) is 23.2 Å². The Balaban J connectivity index is 1.84. The number of hydrogen-bond donors (Lipinski definition) is 2. The van der Waals surface area contributed by atoms with Gasteiger partial charge in [-0.05, 0) is 56.3 Å². The number of hydrogen-bond acceptors (Lipinski definition) is 3. The van der Waals surface area contributed by atoms with Gasteiger partial charge in [0.2, 0.25) is 5.91 Å². The lowest BCUT2D eigenvalue weighted by molar-refractivity contribution is -0.135. The first kappa shape index (κ1) is 16.7. The second-order valence-electron chi connectivity index (χ2n) is 7.41. The van der Waals surface area contributed by atoms with Crippen LogP contribution in [0.25, 0.3) is 0 Å². The maximum atomic E-state index is 12.4. The van der Waals surface area contributed by atoms with Crippen LogP contribution in [0.4, 0.5) is 0 Å². The number of carbonyl (C=O) groups excluding carboxylic acids is 1. The average Bonchev–Trinajstić information content (AvgIpc) is 2.31. The summed E-state index contributed by atoms with van der Waals surface area (Å²) in [5.41, 5.74) is -0.314. The van der Waals surface area contributed by atoms with Crippen LogP contribution in [-0.2, 0) is 14.9 Å². The van der Waals surface area contributed by atoms with Crippen molar-refractivity contribution in [3.63, 3.8) is 0 Å². The highest BCUT2D eigenvalue weighted by Gasteiger charge is 2.44. The van der Waals surface area contributed by atoms with Crippen LogP contribution in [0.2, 0.25) is 0 Å². The van der Waals surface area contributed by atoms with Crippen molar-refractivity contribution >= 4 is 16.0 Å². The van der Waals surface area contributed by atoms with E-state index in [0.29, 0.717) is 18.4 Å². The zero-order chi connectivity index (χ0) is 15.7. The van der Waals surface area contributed by atoms with E-state index in [4.69, 9.17) is 4.55 Å². The molecule has 2 unspecified atom stereocenters. The first-order valence-electron chi connectivity index (χ1n) is 7.91. The molecule has 2 atom stereocenters. The highest BCUT2D eigenvalue weighted by molar-refractivity contribution is 7.85. The van der Waals surface area contributed by atoms with E-state index in [1.54, 1.807) is 0 Å². The highest BCUT2D eigenvalue weighted by atomic mass is 32.2. The molecule has 0 aromatic heterocycles. The molecule has 0 saturated heterocycles. The van der Waals surface area contributed by atoms with Crippen LogP contribution >= 0.6 is 0 Å². The molecular formula is C15H27NO4S. The molecule has 2 fully saturated rings. The number of amides is 1. The van der Waals surface area contributed by atoms with Crippen LogP contribution in [0.3, 0.4) is 0 Å². The largest absolute Gasteiger partial charge is 0.356 e. The van der Waals surface area contributed by atoms with Gasteiger partial charge in [-0.3, -0.25) is 9.35 Å². The SMILES string of the molecule is CC1CC2CC(C1)CC(C)(C(=O)NCCCS(=O)(=O)O)C2. The van der Waals surface area contributed by atoms with E-state index >= 15 is 0 Å². The van der Waals surface area contributed by atoms with Gasteiger partial charge in [0, 0.05) is 12.0 Å². The molecule has 0 radical (unpaired) electrons. The van der Waals surface area contributed by atoms with Gasteiger partial charge in [-0.25, -0.2) is 0 Å². The van der Waals surface area contributed by atoms with Gasteiger partial charge in [-0.15, -0.1) is 0 Å². The van der Waals surface area contributed by atoms with Crippen molar-refractivity contribution in [2.45, 2.75) is 52.4 Å². The first-order chi connectivity index (χ1) is 9.68. The van der Waals surface area contributed by atoms with E-state index in [1.165, 1.54) is 19.3 Å². The van der Waals surface area contributed by atoms with Gasteiger partial charge in [0.25, 0.3) is 10.1 Å². The predicted octanol–water partition coefficient (Wildman–Crippen LogP) is 2.23. The minimum Gasteiger partial charge on any atom is -0.356 e. The fraction of sp³-hybridized carbons (Fsp3) is 0.933. The van der Waals surface area contributed by atoms with Gasteiger partial charge in [0.1, 0.15) is 0 Å². The lowest BCUT2D eigenvalue weighted by atomic mass is 9.59. The monoisotopic (exact) mass is 317 g/mol. The Morgan fingerprint density at radius 1 is 1.24 bits per heavy atom. The quantitative estimate of drug-likeness (QED) is 0.601. The molecule has 2 N–H and O–H groups in total. The van der Waals surface area contributed by atoms with E-state index in [0.717, 1.165) is 18.8 Å². The molecule has 21 heavy (non-hydrogen) atoms. The van der Waals surface area contributed by atoms with Crippen molar-refractivity contribution in [2.24, 2.45) is 23.2 Å². The van der Waals surface area contributed by atoms with E-state index in [2.05, 4.69) is 12.2 Å². The average molecular weight is 317 g/mol. The number of nitrogens with one attached hydrogen (secondary N) is 1. The maximum absolute atomic E-state index is 12.4. The molecule has 5 nitrogen and oxygen atoms in total. The molecule has 2 aliphatic carbocycles. The summed E-state index contributed by atoms with van der Waals surface area (Å²) in [4.78, 5) is 12.4. The van der Waals surface area contributed by atoms with E-state index < -0.39 is 10.1 Å². The molecule has 2 rings (SSSR count). The van der Waals surface area contributed by atoms with Crippen molar-refractivity contribution in [1.29, 1.82) is 0 Å². The lowest BCUT2D eigenvalue weighted by Gasteiger charge is -2.46.